The summed E-state index contributed by atoms with van der Waals surface area (Å²) < 4.78 is 11.4. The van der Waals surface area contributed by atoms with Gasteiger partial charge in [-0.15, -0.1) is 0 Å². The first-order valence-electron chi connectivity index (χ1n) is 33.4. The number of aliphatic hydroxyl groups excluding tert-OH is 4. The van der Waals surface area contributed by atoms with E-state index < -0.39 is 187 Å². The molecule has 0 unspecified atom stereocenters. The van der Waals surface area contributed by atoms with Gasteiger partial charge in [0.25, 0.3) is 5.91 Å². The Balaban J connectivity index is 2.42. The lowest BCUT2D eigenvalue weighted by Gasteiger charge is -2.34. The van der Waals surface area contributed by atoms with Crippen LogP contribution in [0.25, 0.3) is 0 Å². The molecule has 0 saturated carbocycles. The summed E-state index contributed by atoms with van der Waals surface area (Å²) in [6.45, 7) is 17.5. The number of amides is 11. The monoisotopic (exact) mass is 1390 g/mol. The van der Waals surface area contributed by atoms with Gasteiger partial charge in [-0.25, -0.2) is 4.79 Å². The van der Waals surface area contributed by atoms with E-state index in [1.165, 1.54) is 44.2 Å². The summed E-state index contributed by atoms with van der Waals surface area (Å²) in [6.07, 6.45) is -7.95. The van der Waals surface area contributed by atoms with Crippen LogP contribution in [0.3, 0.4) is 0 Å². The number of carbonyl (C=O) groups is 12. The molecule has 0 aromatic heterocycles. The first-order chi connectivity index (χ1) is 46.1. The number of ether oxygens (including phenoxy) is 2. The van der Waals surface area contributed by atoms with Crippen LogP contribution in [0.15, 0.2) is 30.3 Å². The molecule has 11 amide bonds. The van der Waals surface area contributed by atoms with Gasteiger partial charge in [0.15, 0.2) is 24.2 Å². The highest BCUT2D eigenvalue weighted by molar-refractivity contribution is 6.00. The largest absolute Gasteiger partial charge is 0.453 e. The van der Waals surface area contributed by atoms with E-state index in [1.807, 2.05) is 18.7 Å². The summed E-state index contributed by atoms with van der Waals surface area (Å²) >= 11 is 0. The van der Waals surface area contributed by atoms with Crippen LogP contribution < -0.4 is 75.3 Å². The fraction of sp³-hybridized carbons (Fsp3) is 0.703. The van der Waals surface area contributed by atoms with E-state index >= 15 is 4.79 Å². The molecule has 3 rings (SSSR count). The van der Waals surface area contributed by atoms with Crippen molar-refractivity contribution in [2.45, 2.75) is 200 Å². The normalized spacial score (nSPS) is 24.8. The number of esters is 1. The van der Waals surface area contributed by atoms with Crippen molar-refractivity contribution in [3.05, 3.63) is 35.9 Å². The zero-order valence-corrected chi connectivity index (χ0v) is 58.1. The van der Waals surface area contributed by atoms with Crippen LogP contribution in [0.5, 0.6) is 0 Å². The summed E-state index contributed by atoms with van der Waals surface area (Å²) in [5.41, 5.74) is 11.7. The molecule has 0 spiro atoms. The minimum Gasteiger partial charge on any atom is -0.453 e. The number of rotatable bonds is 26. The standard InChI is InChI=1S/C64H108N16O18/c1-12-36(10)45-58(91)77-46(37(11)82)57(90)70-30-44(83)75-48(51(85)62(95)68-21-22-80-23-25-97-26-24-80)60(93)74-43(31-81)63(96)98-52(38-17-14-13-15-18-38)49(79-56(89)42(29-34(6)7)72-53(86)39(65)27-32(2)3)61(94)78-47(50(84)35(8)9)59(92)73-41(28-33(4)5)55(88)71-40(54(87)76-45)19-16-20-69-64(66)67/h13-15,17-18,32-37,39-43,45-52,81-82,84-85H,12,16,19-31,65H2,1-11H3,(H,68,95)(H,70,90)(H,71,88)(H,72,86)(H,73,92)(H,74,93)(H,75,83)(H,76,87)(H,77,91)(H,78,94)(H,79,89)(H4,66,67,69)/t36-,37-,39+,40+,41-,42-,43-,45-,46-,47-,48-,49-,50+,51-,52+/m0/s1. The van der Waals surface area contributed by atoms with Crippen molar-refractivity contribution in [3.8, 4) is 0 Å². The van der Waals surface area contributed by atoms with Gasteiger partial charge in [-0.2, -0.15) is 0 Å². The molecule has 2 fully saturated rings. The van der Waals surface area contributed by atoms with Crippen LogP contribution in [-0.2, 0) is 67.0 Å². The van der Waals surface area contributed by atoms with Gasteiger partial charge in [0, 0.05) is 32.7 Å². The molecule has 15 atom stereocenters. The van der Waals surface area contributed by atoms with Gasteiger partial charge in [0.1, 0.15) is 48.3 Å². The number of cyclic esters (lactones) is 1. The number of benzene rings is 1. The maximum atomic E-state index is 15.5. The van der Waals surface area contributed by atoms with Crippen LogP contribution in [-0.4, -0.2) is 240 Å². The van der Waals surface area contributed by atoms with Crippen molar-refractivity contribution in [1.82, 2.24) is 68.7 Å². The maximum absolute atomic E-state index is 15.5. The Morgan fingerprint density at radius 3 is 1.80 bits per heavy atom. The molecule has 21 N–H and O–H groups in total. The lowest BCUT2D eigenvalue weighted by Crippen LogP contribution is -2.64. The van der Waals surface area contributed by atoms with Crippen LogP contribution in [0.4, 0.5) is 0 Å². The molecular weight excluding hydrogens is 1280 g/mol. The van der Waals surface area contributed by atoms with E-state index in [4.69, 9.17) is 26.4 Å². The van der Waals surface area contributed by atoms with Crippen LogP contribution in [0, 0.1) is 35.0 Å². The Hall–Kier alpha value is -8.15. The Morgan fingerprint density at radius 1 is 0.653 bits per heavy atom. The molecule has 2 aliphatic heterocycles. The number of aliphatic hydroxyl groups is 4. The molecular formula is C64H108N16O18. The first kappa shape index (κ1) is 84.1. The number of hydrogen-bond donors (Lipinski definition) is 19. The van der Waals surface area contributed by atoms with Gasteiger partial charge >= 0.3 is 5.97 Å². The van der Waals surface area contributed by atoms with Gasteiger partial charge in [-0.3, -0.25) is 63.0 Å². The predicted octanol–water partition coefficient (Wildman–Crippen LogP) is -5.26. The average molecular weight is 1390 g/mol. The molecule has 552 valence electrons. The van der Waals surface area contributed by atoms with Gasteiger partial charge in [0.05, 0.1) is 44.6 Å². The number of guanidine groups is 1. The fourth-order valence-corrected chi connectivity index (χ4v) is 10.5. The highest BCUT2D eigenvalue weighted by atomic mass is 16.5. The fourth-order valence-electron chi connectivity index (χ4n) is 10.5. The van der Waals surface area contributed by atoms with E-state index in [1.54, 1.807) is 41.5 Å². The first-order valence-corrected chi connectivity index (χ1v) is 33.4. The third kappa shape index (κ3) is 28.0. The summed E-state index contributed by atoms with van der Waals surface area (Å²) in [5, 5.41) is 82.5. The van der Waals surface area contributed by atoms with E-state index in [0.29, 0.717) is 26.3 Å². The SMILES string of the molecule is CC[C@H](C)[C@@H]1NC(=O)[C@@H](CCCNC(=N)N)NC(=O)[C@H](CC(C)C)NC(=O)[C@H]([C@H](O)C(C)C)NC(=O)[C@@H](NC(=O)[C@H](CC(C)C)NC(=O)[C@H](N)CC(C)C)[C@@H](c2ccccc2)OC(=O)[C@H](CO)NC(=O)[C@H]([C@H](O)C(=O)NCCN2CCOCC2)NC(=O)CNC(=O)[C@H]([C@H](C)O)NC1=O. The second-order valence-electron chi connectivity index (χ2n) is 26.4. The Kier molecular flexibility index (Phi) is 36.0. The molecule has 0 aliphatic carbocycles. The van der Waals surface area contributed by atoms with Crippen molar-refractivity contribution in [1.29, 1.82) is 5.41 Å². The topological polar surface area (TPSA) is 528 Å². The van der Waals surface area contributed by atoms with E-state index in [0.717, 1.165) is 6.92 Å². The van der Waals surface area contributed by atoms with Crippen molar-refractivity contribution in [2.24, 2.45) is 41.1 Å². The highest BCUT2D eigenvalue weighted by Gasteiger charge is 2.44. The molecule has 0 bridgehead atoms. The zero-order chi connectivity index (χ0) is 73.7. The minimum absolute atomic E-state index is 0.0147. The molecule has 1 aromatic rings. The van der Waals surface area contributed by atoms with Crippen LogP contribution in [0.2, 0.25) is 0 Å². The van der Waals surface area contributed by atoms with Crippen molar-refractivity contribution >= 4 is 76.9 Å². The molecule has 34 nitrogen and oxygen atoms in total. The maximum Gasteiger partial charge on any atom is 0.331 e. The Bertz CT molecular complexity index is 2830. The molecule has 2 aliphatic rings. The molecule has 2 heterocycles. The molecule has 2 saturated heterocycles. The van der Waals surface area contributed by atoms with Gasteiger partial charge in [-0.05, 0) is 74.2 Å². The third-order valence-electron chi connectivity index (χ3n) is 16.3. The highest BCUT2D eigenvalue weighted by Crippen LogP contribution is 2.25. The average Bonchev–Trinajstić information content (AvgIpc) is 0.816. The Labute approximate surface area is 572 Å². The van der Waals surface area contributed by atoms with Gasteiger partial charge < -0.3 is 105 Å². The molecule has 34 heteroatoms. The van der Waals surface area contributed by atoms with E-state index in [9.17, 15) is 73.2 Å². The number of hydrogen-bond acceptors (Lipinski definition) is 21. The molecule has 0 radical (unpaired) electrons. The number of nitrogens with two attached hydrogens (primary N) is 2. The Morgan fingerprint density at radius 2 is 1.22 bits per heavy atom. The summed E-state index contributed by atoms with van der Waals surface area (Å²) in [6, 6.07) is -10.7. The zero-order valence-electron chi connectivity index (χ0n) is 58.1. The van der Waals surface area contributed by atoms with E-state index in [-0.39, 0.29) is 81.5 Å². The summed E-state index contributed by atoms with van der Waals surface area (Å²) in [4.78, 5) is 175. The number of nitrogens with zero attached hydrogens (tertiary/aromatic N) is 1. The third-order valence-corrected chi connectivity index (χ3v) is 16.3. The van der Waals surface area contributed by atoms with Crippen molar-refractivity contribution in [3.63, 3.8) is 0 Å². The van der Waals surface area contributed by atoms with E-state index in [2.05, 4.69) is 63.8 Å². The predicted molar refractivity (Wildman–Crippen MR) is 356 cm³/mol. The van der Waals surface area contributed by atoms with Crippen LogP contribution >= 0.6 is 0 Å². The summed E-state index contributed by atoms with van der Waals surface area (Å²) in [7, 11) is 0. The quantitative estimate of drug-likeness (QED) is 0.0178. The van der Waals surface area contributed by atoms with Crippen LogP contribution in [0.1, 0.15) is 126 Å². The molecule has 1 aromatic carbocycles. The van der Waals surface area contributed by atoms with Crippen molar-refractivity contribution < 1.29 is 87.4 Å². The smallest absolute Gasteiger partial charge is 0.331 e. The lowest BCUT2D eigenvalue weighted by molar-refractivity contribution is -0.159. The number of nitrogens with one attached hydrogen (secondary N) is 13. The van der Waals surface area contributed by atoms with Gasteiger partial charge in [0.2, 0.25) is 59.1 Å². The second kappa shape index (κ2) is 42.0. The van der Waals surface area contributed by atoms with Crippen molar-refractivity contribution in [2.75, 3.05) is 59.1 Å². The summed E-state index contributed by atoms with van der Waals surface area (Å²) in [5.74, 6) is -16.8. The number of morpholine rings is 1. The van der Waals surface area contributed by atoms with Gasteiger partial charge in [-0.1, -0.05) is 106 Å². The number of carbonyl (C=O) groups excluding carboxylic acids is 12. The lowest BCUT2D eigenvalue weighted by atomic mass is 9.95. The molecule has 98 heavy (non-hydrogen) atoms. The second-order valence-corrected chi connectivity index (χ2v) is 26.4. The minimum atomic E-state index is -2.48.